The number of methoxy groups -OCH3 is 1. The van der Waals surface area contributed by atoms with Crippen LogP contribution in [0.15, 0.2) is 50.9 Å². The van der Waals surface area contributed by atoms with Crippen LogP contribution in [-0.2, 0) is 10.0 Å². The molecule has 2 rings (SSSR count). The number of aryl methyl sites for hydroxylation is 1. The van der Waals surface area contributed by atoms with Crippen molar-refractivity contribution in [1.29, 1.82) is 0 Å². The molecule has 0 atom stereocenters. The third-order valence-electron chi connectivity index (χ3n) is 2.99. The number of hydrogen-bond acceptors (Lipinski definition) is 5. The molecule has 0 unspecified atom stereocenters. The highest BCUT2D eigenvalue weighted by Crippen LogP contribution is 2.34. The van der Waals surface area contributed by atoms with E-state index in [-0.39, 0.29) is 16.4 Å². The normalized spacial score (nSPS) is 11.6. The van der Waals surface area contributed by atoms with Crippen molar-refractivity contribution in [2.24, 2.45) is 5.10 Å². The number of rotatable bonds is 5. The van der Waals surface area contributed by atoms with Gasteiger partial charge in [-0.25, -0.2) is 4.83 Å². The average Bonchev–Trinajstić information content (AvgIpc) is 2.51. The summed E-state index contributed by atoms with van der Waals surface area (Å²) >= 11 is 3.18. The molecule has 0 saturated heterocycles. The highest BCUT2D eigenvalue weighted by molar-refractivity contribution is 9.10. The first-order valence-corrected chi connectivity index (χ1v) is 8.79. The van der Waals surface area contributed by atoms with Crippen molar-refractivity contribution < 1.29 is 18.3 Å². The molecule has 2 aromatic rings. The molecule has 122 valence electrons. The van der Waals surface area contributed by atoms with E-state index in [1.165, 1.54) is 31.5 Å². The lowest BCUT2D eigenvalue weighted by molar-refractivity contribution is 0.372. The summed E-state index contributed by atoms with van der Waals surface area (Å²) < 4.78 is 29.6. The number of nitrogens with one attached hydrogen (secondary N) is 1. The van der Waals surface area contributed by atoms with E-state index in [1.807, 2.05) is 6.92 Å². The quantitative estimate of drug-likeness (QED) is 0.598. The predicted molar refractivity (Wildman–Crippen MR) is 91.5 cm³/mol. The summed E-state index contributed by atoms with van der Waals surface area (Å²) in [4.78, 5) is 2.27. The van der Waals surface area contributed by atoms with Gasteiger partial charge in [-0.15, -0.1) is 0 Å². The first-order chi connectivity index (χ1) is 10.8. The maximum atomic E-state index is 12.1. The highest BCUT2D eigenvalue weighted by atomic mass is 79.9. The molecule has 0 spiro atoms. The molecule has 0 saturated carbocycles. The minimum atomic E-state index is -3.72. The second kappa shape index (κ2) is 7.01. The molecule has 0 bridgehead atoms. The molecule has 2 aromatic carbocycles. The maximum Gasteiger partial charge on any atom is 0.276 e. The third kappa shape index (κ3) is 4.23. The van der Waals surface area contributed by atoms with E-state index in [0.29, 0.717) is 10.0 Å². The number of halogens is 1. The van der Waals surface area contributed by atoms with Crippen molar-refractivity contribution in [3.63, 3.8) is 0 Å². The Balaban J connectivity index is 2.18. The van der Waals surface area contributed by atoms with Crippen LogP contribution in [0.5, 0.6) is 11.5 Å². The molecule has 0 aliphatic carbocycles. The van der Waals surface area contributed by atoms with Crippen molar-refractivity contribution in [2.75, 3.05) is 7.11 Å². The zero-order valence-corrected chi connectivity index (χ0v) is 14.8. The summed E-state index contributed by atoms with van der Waals surface area (Å²) in [6.07, 6.45) is 1.32. The van der Waals surface area contributed by atoms with Crippen LogP contribution in [0.4, 0.5) is 0 Å². The molecular formula is C15H15BrN2O4S. The summed E-state index contributed by atoms with van der Waals surface area (Å²) in [5.74, 6) is 0.215. The lowest BCUT2D eigenvalue weighted by atomic mass is 10.2. The fourth-order valence-corrected chi connectivity index (χ4v) is 3.02. The number of sulfonamides is 1. The van der Waals surface area contributed by atoms with E-state index in [2.05, 4.69) is 25.9 Å². The van der Waals surface area contributed by atoms with Gasteiger partial charge in [-0.1, -0.05) is 17.7 Å². The third-order valence-corrected chi connectivity index (χ3v) is 4.83. The van der Waals surface area contributed by atoms with Crippen molar-refractivity contribution in [2.45, 2.75) is 11.8 Å². The Bertz CT molecular complexity index is 833. The van der Waals surface area contributed by atoms with Gasteiger partial charge in [0.15, 0.2) is 11.5 Å². The minimum Gasteiger partial charge on any atom is -0.503 e. The molecule has 0 heterocycles. The molecule has 0 amide bonds. The molecule has 6 nitrogen and oxygen atoms in total. The number of nitrogens with zero attached hydrogens (tertiary/aromatic N) is 1. The lowest BCUT2D eigenvalue weighted by Gasteiger charge is -2.06. The van der Waals surface area contributed by atoms with Gasteiger partial charge >= 0.3 is 0 Å². The second-order valence-corrected chi connectivity index (χ2v) is 7.23. The van der Waals surface area contributed by atoms with Gasteiger partial charge in [-0.2, -0.15) is 13.5 Å². The highest BCUT2D eigenvalue weighted by Gasteiger charge is 2.12. The van der Waals surface area contributed by atoms with Gasteiger partial charge in [-0.3, -0.25) is 0 Å². The number of hydrogen-bond donors (Lipinski definition) is 2. The van der Waals surface area contributed by atoms with Gasteiger partial charge in [-0.05, 0) is 52.7 Å². The van der Waals surface area contributed by atoms with Crippen LogP contribution in [0.1, 0.15) is 11.1 Å². The maximum absolute atomic E-state index is 12.1. The molecule has 0 fully saturated rings. The van der Waals surface area contributed by atoms with Crippen LogP contribution < -0.4 is 9.57 Å². The van der Waals surface area contributed by atoms with Gasteiger partial charge < -0.3 is 9.84 Å². The summed E-state index contributed by atoms with van der Waals surface area (Å²) in [5.41, 5.74) is 1.52. The smallest absolute Gasteiger partial charge is 0.276 e. The standard InChI is InChI=1S/C15H15BrN2O4S/c1-10-3-5-12(6-4-10)23(20,21)18-17-9-11-7-13(16)15(19)14(8-11)22-2/h3-9,18-19H,1-2H3/b17-9-. The van der Waals surface area contributed by atoms with Crippen LogP contribution in [-0.4, -0.2) is 26.8 Å². The number of benzene rings is 2. The number of aromatic hydroxyl groups is 1. The number of hydrazone groups is 1. The average molecular weight is 399 g/mol. The minimum absolute atomic E-state index is 0.0371. The largest absolute Gasteiger partial charge is 0.503 e. The fraction of sp³-hybridized carbons (Fsp3) is 0.133. The molecular weight excluding hydrogens is 384 g/mol. The van der Waals surface area contributed by atoms with E-state index in [1.54, 1.807) is 18.2 Å². The van der Waals surface area contributed by atoms with Crippen molar-refractivity contribution in [3.05, 3.63) is 52.0 Å². The Morgan fingerprint density at radius 3 is 2.52 bits per heavy atom. The first-order valence-electron chi connectivity index (χ1n) is 6.51. The topological polar surface area (TPSA) is 88.0 Å². The zero-order chi connectivity index (χ0) is 17.0. The van der Waals surface area contributed by atoms with E-state index in [4.69, 9.17) is 4.74 Å². The Morgan fingerprint density at radius 1 is 1.26 bits per heavy atom. The van der Waals surface area contributed by atoms with Crippen molar-refractivity contribution in [1.82, 2.24) is 4.83 Å². The van der Waals surface area contributed by atoms with E-state index >= 15 is 0 Å². The van der Waals surface area contributed by atoms with Crippen LogP contribution in [0.3, 0.4) is 0 Å². The number of phenolic OH excluding ortho intramolecular Hbond substituents is 1. The van der Waals surface area contributed by atoms with Crippen LogP contribution in [0, 0.1) is 6.92 Å². The molecule has 8 heteroatoms. The molecule has 0 aliphatic rings. The summed E-state index contributed by atoms with van der Waals surface area (Å²) in [6.45, 7) is 1.87. The summed E-state index contributed by atoms with van der Waals surface area (Å²) in [7, 11) is -2.30. The lowest BCUT2D eigenvalue weighted by Crippen LogP contribution is -2.18. The van der Waals surface area contributed by atoms with Gasteiger partial charge in [0.1, 0.15) is 0 Å². The molecule has 0 radical (unpaired) electrons. The number of phenols is 1. The zero-order valence-electron chi connectivity index (χ0n) is 12.4. The first kappa shape index (κ1) is 17.3. The summed E-state index contributed by atoms with van der Waals surface area (Å²) in [6, 6.07) is 9.55. The molecule has 0 aliphatic heterocycles. The fourth-order valence-electron chi connectivity index (χ4n) is 1.76. The predicted octanol–water partition coefficient (Wildman–Crippen LogP) is 2.78. The Labute approximate surface area is 143 Å². The van der Waals surface area contributed by atoms with E-state index in [0.717, 1.165) is 5.56 Å². The Morgan fingerprint density at radius 2 is 1.91 bits per heavy atom. The van der Waals surface area contributed by atoms with Crippen molar-refractivity contribution in [3.8, 4) is 11.5 Å². The van der Waals surface area contributed by atoms with Gasteiger partial charge in [0.25, 0.3) is 10.0 Å². The molecule has 23 heavy (non-hydrogen) atoms. The number of ether oxygens (including phenoxy) is 1. The van der Waals surface area contributed by atoms with Gasteiger partial charge in [0.2, 0.25) is 0 Å². The van der Waals surface area contributed by atoms with Gasteiger partial charge in [0, 0.05) is 0 Å². The van der Waals surface area contributed by atoms with Crippen LogP contribution >= 0.6 is 15.9 Å². The van der Waals surface area contributed by atoms with E-state index in [9.17, 15) is 13.5 Å². The van der Waals surface area contributed by atoms with Crippen molar-refractivity contribution >= 4 is 32.2 Å². The van der Waals surface area contributed by atoms with Crippen LogP contribution in [0.25, 0.3) is 0 Å². The van der Waals surface area contributed by atoms with Gasteiger partial charge in [0.05, 0.1) is 22.7 Å². The Kier molecular flexibility index (Phi) is 5.27. The van der Waals surface area contributed by atoms with E-state index < -0.39 is 10.0 Å². The molecule has 2 N–H and O–H groups in total. The Hall–Kier alpha value is -2.06. The van der Waals surface area contributed by atoms with Crippen LogP contribution in [0.2, 0.25) is 0 Å². The summed E-state index contributed by atoms with van der Waals surface area (Å²) in [5, 5.41) is 13.5. The molecule has 0 aromatic heterocycles. The second-order valence-electron chi connectivity index (χ2n) is 4.72. The SMILES string of the molecule is COc1cc(/C=N\NS(=O)(=O)c2ccc(C)cc2)cc(Br)c1O. The monoisotopic (exact) mass is 398 g/mol.